The minimum atomic E-state index is -0.542. The van der Waals surface area contributed by atoms with Crippen molar-refractivity contribution in [1.82, 2.24) is 4.90 Å². The Labute approximate surface area is 120 Å². The van der Waals surface area contributed by atoms with Crippen LogP contribution >= 0.6 is 0 Å². The minimum Gasteiger partial charge on any atom is -0.329 e. The Morgan fingerprint density at radius 3 is 2.45 bits per heavy atom. The zero-order valence-electron chi connectivity index (χ0n) is 12.3. The Morgan fingerprint density at radius 2 is 1.95 bits per heavy atom. The molecule has 1 unspecified atom stereocenters. The maximum absolute atomic E-state index is 13.9. The molecular weight excluding hydrogens is 258 g/mol. The van der Waals surface area contributed by atoms with E-state index in [0.29, 0.717) is 17.5 Å². The summed E-state index contributed by atoms with van der Waals surface area (Å²) >= 11 is 0. The van der Waals surface area contributed by atoms with Gasteiger partial charge in [-0.3, -0.25) is 4.90 Å². The lowest BCUT2D eigenvalue weighted by Gasteiger charge is -2.42. The van der Waals surface area contributed by atoms with Crippen LogP contribution in [0.25, 0.3) is 0 Å². The standard InChI is InChI=1S/C16H24F2N2/c1-3-16(2)6-8-20(9-7-16)15(11-19)13-5-4-12(17)10-14(13)18/h4-5,10,15H,3,6-9,11,19H2,1-2H3. The van der Waals surface area contributed by atoms with Gasteiger partial charge in [0.15, 0.2) is 0 Å². The van der Waals surface area contributed by atoms with Crippen molar-refractivity contribution in [3.05, 3.63) is 35.4 Å². The highest BCUT2D eigenvalue weighted by Gasteiger charge is 2.32. The topological polar surface area (TPSA) is 29.3 Å². The number of rotatable bonds is 4. The van der Waals surface area contributed by atoms with Gasteiger partial charge in [-0.05, 0) is 37.4 Å². The van der Waals surface area contributed by atoms with Crippen molar-refractivity contribution in [2.45, 2.75) is 39.2 Å². The number of nitrogens with zero attached hydrogens (tertiary/aromatic N) is 1. The number of benzene rings is 1. The first kappa shape index (κ1) is 15.4. The predicted molar refractivity (Wildman–Crippen MR) is 77.4 cm³/mol. The second-order valence-corrected chi connectivity index (χ2v) is 6.12. The van der Waals surface area contributed by atoms with Crippen LogP contribution in [-0.2, 0) is 0 Å². The molecule has 4 heteroatoms. The fourth-order valence-electron chi connectivity index (χ4n) is 2.97. The van der Waals surface area contributed by atoms with Crippen molar-refractivity contribution >= 4 is 0 Å². The molecule has 2 N–H and O–H groups in total. The van der Waals surface area contributed by atoms with Crippen molar-refractivity contribution in [1.29, 1.82) is 0 Å². The van der Waals surface area contributed by atoms with Crippen LogP contribution in [0.5, 0.6) is 0 Å². The van der Waals surface area contributed by atoms with E-state index in [1.54, 1.807) is 0 Å². The summed E-state index contributed by atoms with van der Waals surface area (Å²) in [6, 6.07) is 3.62. The molecule has 0 saturated carbocycles. The van der Waals surface area contributed by atoms with Crippen molar-refractivity contribution < 1.29 is 8.78 Å². The Kier molecular flexibility index (Phi) is 4.76. The quantitative estimate of drug-likeness (QED) is 0.916. The fourth-order valence-corrected chi connectivity index (χ4v) is 2.97. The van der Waals surface area contributed by atoms with E-state index in [4.69, 9.17) is 5.73 Å². The first-order valence-electron chi connectivity index (χ1n) is 7.38. The molecule has 2 rings (SSSR count). The number of halogens is 2. The van der Waals surface area contributed by atoms with Gasteiger partial charge in [0.25, 0.3) is 0 Å². The molecule has 1 heterocycles. The van der Waals surface area contributed by atoms with E-state index in [9.17, 15) is 8.78 Å². The number of hydrogen-bond donors (Lipinski definition) is 1. The third-order valence-electron chi connectivity index (χ3n) is 4.84. The summed E-state index contributed by atoms with van der Waals surface area (Å²) in [7, 11) is 0. The summed E-state index contributed by atoms with van der Waals surface area (Å²) in [6.07, 6.45) is 3.37. The SMILES string of the molecule is CCC1(C)CCN(C(CN)c2ccc(F)cc2F)CC1. The van der Waals surface area contributed by atoms with Gasteiger partial charge >= 0.3 is 0 Å². The Morgan fingerprint density at radius 1 is 1.30 bits per heavy atom. The van der Waals surface area contributed by atoms with Crippen LogP contribution in [0.15, 0.2) is 18.2 Å². The van der Waals surface area contributed by atoms with Gasteiger partial charge in [-0.15, -0.1) is 0 Å². The van der Waals surface area contributed by atoms with Gasteiger partial charge in [-0.25, -0.2) is 8.78 Å². The molecule has 1 aromatic rings. The van der Waals surface area contributed by atoms with Gasteiger partial charge in [0, 0.05) is 24.2 Å². The van der Waals surface area contributed by atoms with Crippen LogP contribution in [0.1, 0.15) is 44.7 Å². The molecule has 2 nitrogen and oxygen atoms in total. The molecule has 0 amide bonds. The molecule has 1 atom stereocenters. The molecular formula is C16H24F2N2. The zero-order valence-corrected chi connectivity index (χ0v) is 12.3. The van der Waals surface area contributed by atoms with Gasteiger partial charge in [-0.1, -0.05) is 26.3 Å². The molecule has 1 fully saturated rings. The van der Waals surface area contributed by atoms with Crippen LogP contribution in [0.3, 0.4) is 0 Å². The van der Waals surface area contributed by atoms with Gasteiger partial charge in [0.1, 0.15) is 11.6 Å². The maximum atomic E-state index is 13.9. The van der Waals surface area contributed by atoms with E-state index in [-0.39, 0.29) is 6.04 Å². The molecule has 1 aliphatic rings. The fraction of sp³-hybridized carbons (Fsp3) is 0.625. The molecule has 0 bridgehead atoms. The predicted octanol–water partition coefficient (Wildman–Crippen LogP) is 3.48. The minimum absolute atomic E-state index is 0.156. The van der Waals surface area contributed by atoms with Crippen molar-refractivity contribution in [3.8, 4) is 0 Å². The van der Waals surface area contributed by atoms with Crippen LogP contribution in [0.2, 0.25) is 0 Å². The monoisotopic (exact) mass is 282 g/mol. The van der Waals surface area contributed by atoms with E-state index in [1.807, 2.05) is 0 Å². The summed E-state index contributed by atoms with van der Waals surface area (Å²) in [5, 5.41) is 0. The number of likely N-dealkylation sites (tertiary alicyclic amines) is 1. The van der Waals surface area contributed by atoms with Gasteiger partial charge in [0.2, 0.25) is 0 Å². The number of hydrogen-bond acceptors (Lipinski definition) is 2. The largest absolute Gasteiger partial charge is 0.329 e. The highest BCUT2D eigenvalue weighted by atomic mass is 19.1. The van der Waals surface area contributed by atoms with E-state index in [2.05, 4.69) is 18.7 Å². The number of nitrogens with two attached hydrogens (primary N) is 1. The Hall–Kier alpha value is -1.00. The van der Waals surface area contributed by atoms with E-state index < -0.39 is 11.6 Å². The second-order valence-electron chi connectivity index (χ2n) is 6.12. The Bertz CT molecular complexity index is 454. The smallest absolute Gasteiger partial charge is 0.130 e. The first-order chi connectivity index (χ1) is 9.49. The molecule has 0 spiro atoms. The van der Waals surface area contributed by atoms with Gasteiger partial charge < -0.3 is 5.73 Å². The van der Waals surface area contributed by atoms with E-state index in [0.717, 1.165) is 32.0 Å². The Balaban J connectivity index is 2.13. The highest BCUT2D eigenvalue weighted by Crippen LogP contribution is 2.37. The summed E-state index contributed by atoms with van der Waals surface area (Å²) in [4.78, 5) is 2.23. The van der Waals surface area contributed by atoms with Crippen LogP contribution < -0.4 is 5.73 Å². The second kappa shape index (κ2) is 6.19. The third-order valence-corrected chi connectivity index (χ3v) is 4.84. The highest BCUT2D eigenvalue weighted by molar-refractivity contribution is 5.23. The lowest BCUT2D eigenvalue weighted by Crippen LogP contribution is -2.43. The van der Waals surface area contributed by atoms with Crippen molar-refractivity contribution in [2.24, 2.45) is 11.1 Å². The molecule has 1 aliphatic heterocycles. The molecule has 20 heavy (non-hydrogen) atoms. The van der Waals surface area contributed by atoms with E-state index in [1.165, 1.54) is 18.6 Å². The third kappa shape index (κ3) is 3.18. The average molecular weight is 282 g/mol. The van der Waals surface area contributed by atoms with E-state index >= 15 is 0 Å². The molecule has 1 saturated heterocycles. The normalized spacial score (nSPS) is 20.9. The number of piperidine rings is 1. The lowest BCUT2D eigenvalue weighted by atomic mass is 9.78. The van der Waals surface area contributed by atoms with Crippen LogP contribution in [-0.4, -0.2) is 24.5 Å². The molecule has 0 aromatic heterocycles. The molecule has 112 valence electrons. The summed E-state index contributed by atoms with van der Waals surface area (Å²) < 4.78 is 27.0. The summed E-state index contributed by atoms with van der Waals surface area (Å²) in [6.45, 7) is 6.72. The maximum Gasteiger partial charge on any atom is 0.130 e. The van der Waals surface area contributed by atoms with Crippen LogP contribution in [0.4, 0.5) is 8.78 Å². The molecule has 0 radical (unpaired) electrons. The van der Waals surface area contributed by atoms with Gasteiger partial charge in [0.05, 0.1) is 0 Å². The average Bonchev–Trinajstić information content (AvgIpc) is 2.44. The molecule has 1 aromatic carbocycles. The van der Waals surface area contributed by atoms with Crippen molar-refractivity contribution in [3.63, 3.8) is 0 Å². The van der Waals surface area contributed by atoms with Crippen LogP contribution in [0, 0.1) is 17.0 Å². The lowest BCUT2D eigenvalue weighted by molar-refractivity contribution is 0.0816. The summed E-state index contributed by atoms with van der Waals surface area (Å²) in [5.41, 5.74) is 6.73. The van der Waals surface area contributed by atoms with Crippen molar-refractivity contribution in [2.75, 3.05) is 19.6 Å². The molecule has 0 aliphatic carbocycles. The summed E-state index contributed by atoms with van der Waals surface area (Å²) in [5.74, 6) is -1.04. The van der Waals surface area contributed by atoms with Gasteiger partial charge in [-0.2, -0.15) is 0 Å². The zero-order chi connectivity index (χ0) is 14.8. The first-order valence-corrected chi connectivity index (χ1v) is 7.38.